The smallest absolute Gasteiger partial charge is 0.313 e. The van der Waals surface area contributed by atoms with Gasteiger partial charge in [-0.1, -0.05) is 48.5 Å². The number of benzene rings is 3. The zero-order valence-electron chi connectivity index (χ0n) is 17.5. The van der Waals surface area contributed by atoms with E-state index >= 15 is 0 Å². The number of rotatable bonds is 6. The molecule has 0 bridgehead atoms. The number of nitro benzene ring substituents is 1. The van der Waals surface area contributed by atoms with Gasteiger partial charge in [-0.15, -0.1) is 0 Å². The van der Waals surface area contributed by atoms with Gasteiger partial charge in [0, 0.05) is 24.4 Å². The maximum atomic E-state index is 12.5. The van der Waals surface area contributed by atoms with E-state index in [9.17, 15) is 19.7 Å². The number of hydrogen-bond donors (Lipinski definition) is 2. The minimum atomic E-state index is -0.858. The van der Waals surface area contributed by atoms with Crippen molar-refractivity contribution in [3.63, 3.8) is 0 Å². The molecule has 0 aliphatic carbocycles. The molecule has 1 heterocycles. The molecule has 0 radical (unpaired) electrons. The van der Waals surface area contributed by atoms with Crippen LogP contribution in [0.25, 0.3) is 10.8 Å². The van der Waals surface area contributed by atoms with Crippen LogP contribution in [0.2, 0.25) is 0 Å². The SMILES string of the molecule is O=C(NC[C@@H](c1cccc2ccccc12)N1CCCC1)C(=O)Nc1cccc([N+](=O)[O-])c1. The number of likely N-dealkylation sites (tertiary alicyclic amines) is 1. The van der Waals surface area contributed by atoms with Crippen LogP contribution in [0.3, 0.4) is 0 Å². The lowest BCUT2D eigenvalue weighted by Gasteiger charge is -2.29. The summed E-state index contributed by atoms with van der Waals surface area (Å²) >= 11 is 0. The lowest BCUT2D eigenvalue weighted by atomic mass is 9.97. The molecule has 1 saturated heterocycles. The van der Waals surface area contributed by atoms with Crippen LogP contribution in [-0.4, -0.2) is 41.3 Å². The van der Waals surface area contributed by atoms with Crippen molar-refractivity contribution >= 4 is 34.0 Å². The highest BCUT2D eigenvalue weighted by Gasteiger charge is 2.26. The number of nitrogens with zero attached hydrogens (tertiary/aromatic N) is 2. The van der Waals surface area contributed by atoms with E-state index in [1.165, 1.54) is 24.3 Å². The van der Waals surface area contributed by atoms with Gasteiger partial charge in [0.2, 0.25) is 0 Å². The summed E-state index contributed by atoms with van der Waals surface area (Å²) in [5, 5.41) is 18.4. The predicted octanol–water partition coefficient (Wildman–Crippen LogP) is 3.64. The summed E-state index contributed by atoms with van der Waals surface area (Å²) in [7, 11) is 0. The second-order valence-electron chi connectivity index (χ2n) is 7.80. The molecule has 0 saturated carbocycles. The van der Waals surface area contributed by atoms with E-state index in [1.54, 1.807) is 0 Å². The van der Waals surface area contributed by atoms with Crippen molar-refractivity contribution in [1.29, 1.82) is 0 Å². The van der Waals surface area contributed by atoms with Crippen LogP contribution in [0.5, 0.6) is 0 Å². The van der Waals surface area contributed by atoms with Gasteiger partial charge in [-0.05, 0) is 48.3 Å². The number of hydrogen-bond acceptors (Lipinski definition) is 5. The number of nitro groups is 1. The molecule has 164 valence electrons. The maximum Gasteiger partial charge on any atom is 0.313 e. The fourth-order valence-corrected chi connectivity index (χ4v) is 4.18. The standard InChI is InChI=1S/C24H24N4O4/c29-23(24(30)26-18-9-6-10-19(15-18)28(31)32)25-16-22(27-13-3-4-14-27)21-12-5-8-17-7-1-2-11-20(17)21/h1-2,5-12,15,22H,3-4,13-14,16H2,(H,25,29)(H,26,30)/t22-/m0/s1. The van der Waals surface area contributed by atoms with Crippen LogP contribution in [0.4, 0.5) is 11.4 Å². The first-order valence-electron chi connectivity index (χ1n) is 10.6. The van der Waals surface area contributed by atoms with Crippen molar-refractivity contribution in [2.45, 2.75) is 18.9 Å². The third-order valence-corrected chi connectivity index (χ3v) is 5.74. The molecule has 0 unspecified atom stereocenters. The molecular formula is C24H24N4O4. The van der Waals surface area contributed by atoms with E-state index in [0.29, 0.717) is 0 Å². The van der Waals surface area contributed by atoms with Gasteiger partial charge in [0.15, 0.2) is 0 Å². The zero-order chi connectivity index (χ0) is 22.5. The third-order valence-electron chi connectivity index (χ3n) is 5.74. The van der Waals surface area contributed by atoms with Crippen molar-refractivity contribution in [2.24, 2.45) is 0 Å². The van der Waals surface area contributed by atoms with E-state index in [1.807, 2.05) is 18.2 Å². The molecule has 2 N–H and O–H groups in total. The second kappa shape index (κ2) is 9.57. The summed E-state index contributed by atoms with van der Waals surface area (Å²) in [4.78, 5) is 37.6. The number of fused-ring (bicyclic) bond motifs is 1. The lowest BCUT2D eigenvalue weighted by molar-refractivity contribution is -0.384. The van der Waals surface area contributed by atoms with E-state index in [2.05, 4.69) is 39.8 Å². The number of nitrogens with one attached hydrogen (secondary N) is 2. The molecule has 1 fully saturated rings. The molecular weight excluding hydrogens is 408 g/mol. The normalized spacial score (nSPS) is 14.8. The molecule has 8 heteroatoms. The number of anilines is 1. The van der Waals surface area contributed by atoms with E-state index < -0.39 is 16.7 Å². The quantitative estimate of drug-likeness (QED) is 0.352. The highest BCUT2D eigenvalue weighted by atomic mass is 16.6. The molecule has 1 aliphatic rings. The second-order valence-corrected chi connectivity index (χ2v) is 7.80. The molecule has 0 spiro atoms. The molecule has 1 aliphatic heterocycles. The summed E-state index contributed by atoms with van der Waals surface area (Å²) in [5.41, 5.74) is 1.15. The van der Waals surface area contributed by atoms with Crippen LogP contribution < -0.4 is 10.6 Å². The van der Waals surface area contributed by atoms with Crippen LogP contribution in [0, 0.1) is 10.1 Å². The van der Waals surface area contributed by atoms with Gasteiger partial charge in [-0.2, -0.15) is 0 Å². The van der Waals surface area contributed by atoms with Crippen molar-refractivity contribution in [3.05, 3.63) is 82.4 Å². The minimum Gasteiger partial charge on any atom is -0.346 e. The van der Waals surface area contributed by atoms with Crippen LogP contribution in [0.1, 0.15) is 24.4 Å². The minimum absolute atomic E-state index is 0.0573. The summed E-state index contributed by atoms with van der Waals surface area (Å²) < 4.78 is 0. The summed E-state index contributed by atoms with van der Waals surface area (Å²) in [5.74, 6) is -1.63. The Morgan fingerprint density at radius 1 is 0.969 bits per heavy atom. The average Bonchev–Trinajstić information content (AvgIpc) is 3.34. The van der Waals surface area contributed by atoms with Gasteiger partial charge < -0.3 is 10.6 Å². The summed E-state index contributed by atoms with van der Waals surface area (Å²) in [6, 6.07) is 19.7. The number of carbonyl (C=O) groups is 2. The fraction of sp³-hybridized carbons (Fsp3) is 0.250. The Balaban J connectivity index is 1.48. The van der Waals surface area contributed by atoms with E-state index in [-0.39, 0.29) is 24.0 Å². The van der Waals surface area contributed by atoms with Gasteiger partial charge in [0.25, 0.3) is 5.69 Å². The Kier molecular flexibility index (Phi) is 6.42. The molecule has 2 amide bonds. The average molecular weight is 432 g/mol. The molecule has 0 aromatic heterocycles. The third kappa shape index (κ3) is 4.76. The molecule has 3 aromatic rings. The zero-order valence-corrected chi connectivity index (χ0v) is 17.5. The topological polar surface area (TPSA) is 105 Å². The number of carbonyl (C=O) groups excluding carboxylic acids is 2. The number of non-ortho nitro benzene ring substituents is 1. The first-order chi connectivity index (χ1) is 15.5. The van der Waals surface area contributed by atoms with Gasteiger partial charge in [0.1, 0.15) is 0 Å². The Hall–Kier alpha value is -3.78. The fourth-order valence-electron chi connectivity index (χ4n) is 4.18. The van der Waals surface area contributed by atoms with E-state index in [0.717, 1.165) is 42.3 Å². The van der Waals surface area contributed by atoms with Gasteiger partial charge >= 0.3 is 11.8 Å². The molecule has 1 atom stereocenters. The van der Waals surface area contributed by atoms with Crippen molar-refractivity contribution < 1.29 is 14.5 Å². The van der Waals surface area contributed by atoms with Crippen LogP contribution >= 0.6 is 0 Å². The van der Waals surface area contributed by atoms with Gasteiger partial charge in [0.05, 0.1) is 11.0 Å². The van der Waals surface area contributed by atoms with Crippen molar-refractivity contribution in [1.82, 2.24) is 10.2 Å². The first kappa shape index (κ1) is 21.5. The molecule has 32 heavy (non-hydrogen) atoms. The molecule has 8 nitrogen and oxygen atoms in total. The highest BCUT2D eigenvalue weighted by Crippen LogP contribution is 2.30. The largest absolute Gasteiger partial charge is 0.346 e. The van der Waals surface area contributed by atoms with Gasteiger partial charge in [-0.25, -0.2) is 0 Å². The monoisotopic (exact) mass is 432 g/mol. The van der Waals surface area contributed by atoms with Crippen LogP contribution in [0.15, 0.2) is 66.7 Å². The number of amides is 2. The highest BCUT2D eigenvalue weighted by molar-refractivity contribution is 6.39. The molecule has 3 aromatic carbocycles. The van der Waals surface area contributed by atoms with E-state index in [4.69, 9.17) is 0 Å². The van der Waals surface area contributed by atoms with Crippen molar-refractivity contribution in [3.8, 4) is 0 Å². The first-order valence-corrected chi connectivity index (χ1v) is 10.6. The lowest BCUT2D eigenvalue weighted by Crippen LogP contribution is -2.41. The Morgan fingerprint density at radius 2 is 1.69 bits per heavy atom. The van der Waals surface area contributed by atoms with Crippen LogP contribution in [-0.2, 0) is 9.59 Å². The van der Waals surface area contributed by atoms with Crippen molar-refractivity contribution in [2.75, 3.05) is 25.0 Å². The molecule has 4 rings (SSSR count). The summed E-state index contributed by atoms with van der Waals surface area (Å²) in [6.45, 7) is 2.16. The summed E-state index contributed by atoms with van der Waals surface area (Å²) in [6.07, 6.45) is 2.20. The Morgan fingerprint density at radius 3 is 2.47 bits per heavy atom. The van der Waals surface area contributed by atoms with Gasteiger partial charge in [-0.3, -0.25) is 24.6 Å². The Labute approximate surface area is 185 Å². The predicted molar refractivity (Wildman–Crippen MR) is 122 cm³/mol. The maximum absolute atomic E-state index is 12.5. The Bertz CT molecular complexity index is 1150.